The summed E-state index contributed by atoms with van der Waals surface area (Å²) in [5.41, 5.74) is -0.580. The summed E-state index contributed by atoms with van der Waals surface area (Å²) < 4.78 is 9.88. The van der Waals surface area contributed by atoms with Gasteiger partial charge in [0, 0.05) is 13.1 Å². The summed E-state index contributed by atoms with van der Waals surface area (Å²) in [6, 6.07) is -1.17. The fourth-order valence-corrected chi connectivity index (χ4v) is 2.30. The summed E-state index contributed by atoms with van der Waals surface area (Å²) in [5, 5.41) is 2.59. The Labute approximate surface area is 147 Å². The van der Waals surface area contributed by atoms with E-state index in [1.54, 1.807) is 34.6 Å². The van der Waals surface area contributed by atoms with Gasteiger partial charge in [0.25, 0.3) is 5.91 Å². The Hall–Kier alpha value is -2.32. The second-order valence-electron chi connectivity index (χ2n) is 6.66. The van der Waals surface area contributed by atoms with Gasteiger partial charge in [0.15, 0.2) is 0 Å². The zero-order valence-electron chi connectivity index (χ0n) is 15.5. The summed E-state index contributed by atoms with van der Waals surface area (Å²) in [7, 11) is 0. The molecule has 1 fully saturated rings. The average molecular weight is 357 g/mol. The molecule has 1 rings (SSSR count). The predicted molar refractivity (Wildman–Crippen MR) is 88.8 cm³/mol. The van der Waals surface area contributed by atoms with Gasteiger partial charge in [-0.25, -0.2) is 9.59 Å². The highest BCUT2D eigenvalue weighted by atomic mass is 16.6. The highest BCUT2D eigenvalue weighted by Gasteiger charge is 2.43. The van der Waals surface area contributed by atoms with Gasteiger partial charge in [0.1, 0.15) is 18.2 Å². The van der Waals surface area contributed by atoms with E-state index < -0.39 is 35.6 Å². The van der Waals surface area contributed by atoms with E-state index in [4.69, 9.17) is 9.47 Å². The first kappa shape index (κ1) is 20.7. The number of carbonyl (C=O) groups is 4. The Balaban J connectivity index is 2.46. The largest absolute Gasteiger partial charge is 0.465 e. The number of hydrogen-bond acceptors (Lipinski definition) is 6. The van der Waals surface area contributed by atoms with Crippen LogP contribution in [-0.4, -0.2) is 71.7 Å². The molecule has 1 saturated heterocycles. The highest BCUT2D eigenvalue weighted by molar-refractivity contribution is 6.05. The molecule has 0 spiro atoms. The van der Waals surface area contributed by atoms with Gasteiger partial charge in [-0.15, -0.1) is 0 Å². The first-order valence-corrected chi connectivity index (χ1v) is 8.31. The number of nitrogens with one attached hydrogen (secondary N) is 1. The van der Waals surface area contributed by atoms with Gasteiger partial charge < -0.3 is 19.7 Å². The van der Waals surface area contributed by atoms with Crippen molar-refractivity contribution in [2.24, 2.45) is 0 Å². The molecule has 1 unspecified atom stereocenters. The van der Waals surface area contributed by atoms with Crippen molar-refractivity contribution >= 4 is 24.0 Å². The summed E-state index contributed by atoms with van der Waals surface area (Å²) in [5.74, 6) is -1.05. The Bertz CT molecular complexity index is 528. The van der Waals surface area contributed by atoms with Crippen LogP contribution in [0, 0.1) is 0 Å². The van der Waals surface area contributed by atoms with Gasteiger partial charge in [0.05, 0.1) is 6.61 Å². The van der Waals surface area contributed by atoms with Crippen LogP contribution in [-0.2, 0) is 19.1 Å². The molecule has 142 valence electrons. The molecule has 0 aromatic heterocycles. The minimum absolute atomic E-state index is 0.185. The molecule has 1 aliphatic heterocycles. The third-order valence-corrected chi connectivity index (χ3v) is 3.40. The fourth-order valence-electron chi connectivity index (χ4n) is 2.30. The Morgan fingerprint density at radius 1 is 1.24 bits per heavy atom. The van der Waals surface area contributed by atoms with E-state index in [0.29, 0.717) is 13.0 Å². The summed E-state index contributed by atoms with van der Waals surface area (Å²) >= 11 is 0. The lowest BCUT2D eigenvalue weighted by molar-refractivity contribution is -0.146. The summed E-state index contributed by atoms with van der Waals surface area (Å²) in [6.07, 6.45) is -0.0798. The van der Waals surface area contributed by atoms with Crippen LogP contribution in [0.5, 0.6) is 0 Å². The van der Waals surface area contributed by atoms with Crippen LogP contribution in [0.15, 0.2) is 0 Å². The smallest absolute Gasteiger partial charge is 0.407 e. The molecule has 1 atom stereocenters. The van der Waals surface area contributed by atoms with Crippen molar-refractivity contribution in [3.05, 3.63) is 0 Å². The van der Waals surface area contributed by atoms with Crippen LogP contribution in [0.25, 0.3) is 0 Å². The topological polar surface area (TPSA) is 105 Å². The number of hydrogen-bond donors (Lipinski definition) is 1. The molecule has 1 N–H and O–H groups in total. The molecule has 0 aliphatic carbocycles. The number of esters is 1. The molecule has 0 saturated carbocycles. The molecule has 9 heteroatoms. The fraction of sp³-hybridized carbons (Fsp3) is 0.750. The van der Waals surface area contributed by atoms with Gasteiger partial charge in [-0.1, -0.05) is 0 Å². The van der Waals surface area contributed by atoms with E-state index in [1.165, 1.54) is 4.90 Å². The molecule has 9 nitrogen and oxygen atoms in total. The quantitative estimate of drug-likeness (QED) is 0.416. The average Bonchev–Trinajstić information content (AvgIpc) is 2.67. The number of urea groups is 1. The zero-order valence-corrected chi connectivity index (χ0v) is 15.5. The zero-order chi connectivity index (χ0) is 19.2. The standard InChI is InChI=1S/C16H27N3O6/c1-6-24-12(20)10-19-13(21)11(2)18(15(19)23)9-7-8-17-14(22)25-16(3,4)5/h11H,6-10H2,1-5H3,(H,17,22). The summed E-state index contributed by atoms with van der Waals surface area (Å²) in [4.78, 5) is 49.7. The SMILES string of the molecule is CCOC(=O)CN1C(=O)C(C)N(CCCNC(=O)OC(C)(C)C)C1=O. The molecule has 1 aliphatic rings. The predicted octanol–water partition coefficient (Wildman–Crippen LogP) is 1.12. The monoisotopic (exact) mass is 357 g/mol. The lowest BCUT2D eigenvalue weighted by Crippen LogP contribution is -2.39. The number of alkyl carbamates (subject to hydrolysis) is 1. The van der Waals surface area contributed by atoms with Gasteiger partial charge in [0.2, 0.25) is 0 Å². The lowest BCUT2D eigenvalue weighted by atomic mass is 10.2. The van der Waals surface area contributed by atoms with Crippen LogP contribution < -0.4 is 5.32 Å². The molecular formula is C16H27N3O6. The molecule has 25 heavy (non-hydrogen) atoms. The number of carbonyl (C=O) groups excluding carboxylic acids is 4. The Morgan fingerprint density at radius 2 is 1.88 bits per heavy atom. The third kappa shape index (κ3) is 6.24. The highest BCUT2D eigenvalue weighted by Crippen LogP contribution is 2.17. The van der Waals surface area contributed by atoms with Gasteiger partial charge >= 0.3 is 18.1 Å². The molecular weight excluding hydrogens is 330 g/mol. The van der Waals surface area contributed by atoms with Gasteiger partial charge in [-0.2, -0.15) is 0 Å². The molecule has 0 radical (unpaired) electrons. The second-order valence-corrected chi connectivity index (χ2v) is 6.66. The van der Waals surface area contributed by atoms with Crippen LogP contribution in [0.2, 0.25) is 0 Å². The molecule has 1 heterocycles. The van der Waals surface area contributed by atoms with Crippen molar-refractivity contribution in [3.63, 3.8) is 0 Å². The third-order valence-electron chi connectivity index (χ3n) is 3.40. The van der Waals surface area contributed by atoms with E-state index >= 15 is 0 Å². The van der Waals surface area contributed by atoms with E-state index in [2.05, 4.69) is 5.32 Å². The minimum Gasteiger partial charge on any atom is -0.465 e. The number of amides is 4. The van der Waals surface area contributed by atoms with Crippen molar-refractivity contribution < 1.29 is 28.7 Å². The molecule has 0 aromatic carbocycles. The van der Waals surface area contributed by atoms with Crippen molar-refractivity contribution in [1.29, 1.82) is 0 Å². The van der Waals surface area contributed by atoms with Crippen molar-refractivity contribution in [2.75, 3.05) is 26.2 Å². The Kier molecular flexibility index (Phi) is 7.20. The molecule has 0 aromatic rings. The molecule has 4 amide bonds. The van der Waals surface area contributed by atoms with Gasteiger partial charge in [-0.3, -0.25) is 14.5 Å². The Morgan fingerprint density at radius 3 is 2.44 bits per heavy atom. The summed E-state index contributed by atoms with van der Waals surface area (Å²) in [6.45, 7) is 8.93. The number of nitrogens with zero attached hydrogens (tertiary/aromatic N) is 2. The maximum Gasteiger partial charge on any atom is 0.407 e. The maximum atomic E-state index is 12.3. The van der Waals surface area contributed by atoms with Crippen molar-refractivity contribution in [3.8, 4) is 0 Å². The number of rotatable bonds is 7. The number of ether oxygens (including phenoxy) is 2. The van der Waals surface area contributed by atoms with Crippen LogP contribution in [0.3, 0.4) is 0 Å². The second kappa shape index (κ2) is 8.68. The molecule has 0 bridgehead atoms. The first-order chi connectivity index (χ1) is 11.6. The minimum atomic E-state index is -0.650. The number of imide groups is 1. The normalized spacial score (nSPS) is 17.7. The van der Waals surface area contributed by atoms with Crippen molar-refractivity contribution in [1.82, 2.24) is 15.1 Å². The lowest BCUT2D eigenvalue weighted by Gasteiger charge is -2.21. The van der Waals surface area contributed by atoms with Crippen LogP contribution in [0.1, 0.15) is 41.0 Å². The van der Waals surface area contributed by atoms with Crippen molar-refractivity contribution in [2.45, 2.75) is 52.7 Å². The van der Waals surface area contributed by atoms with Gasteiger partial charge in [-0.05, 0) is 41.0 Å². The van der Waals surface area contributed by atoms with E-state index in [1.807, 2.05) is 0 Å². The van der Waals surface area contributed by atoms with Crippen LogP contribution in [0.4, 0.5) is 9.59 Å². The van der Waals surface area contributed by atoms with E-state index in [9.17, 15) is 19.2 Å². The van der Waals surface area contributed by atoms with E-state index in [0.717, 1.165) is 4.90 Å². The maximum absolute atomic E-state index is 12.3. The first-order valence-electron chi connectivity index (χ1n) is 8.31. The van der Waals surface area contributed by atoms with E-state index in [-0.39, 0.29) is 19.7 Å². The van der Waals surface area contributed by atoms with Crippen LogP contribution >= 0.6 is 0 Å².